The average molecular weight is 422 g/mol. The highest BCUT2D eigenvalue weighted by molar-refractivity contribution is 6.05. The predicted molar refractivity (Wildman–Crippen MR) is 106 cm³/mol. The number of nitrogens with one attached hydrogen (secondary N) is 1. The van der Waals surface area contributed by atoms with Gasteiger partial charge in [0.2, 0.25) is 0 Å². The summed E-state index contributed by atoms with van der Waals surface area (Å²) in [6.45, 7) is 1.55. The number of aromatic nitrogens is 1. The van der Waals surface area contributed by atoms with Gasteiger partial charge in [-0.25, -0.2) is 18.8 Å². The molecule has 1 aliphatic rings. The summed E-state index contributed by atoms with van der Waals surface area (Å²) < 4.78 is 26.0. The smallest absolute Gasteiger partial charge is 0.326 e. The van der Waals surface area contributed by atoms with Crippen LogP contribution in [0.15, 0.2) is 24.4 Å². The second-order valence-electron chi connectivity index (χ2n) is 7.30. The van der Waals surface area contributed by atoms with E-state index in [0.29, 0.717) is 29.9 Å². The molecule has 2 aromatic rings. The summed E-state index contributed by atoms with van der Waals surface area (Å²) in [5.74, 6) is -0.821. The average Bonchev–Trinajstić information content (AvgIpc) is 3.19. The molecule has 1 fully saturated rings. The number of carbonyl (C=O) groups excluding carboxylic acids is 2. The topological polar surface area (TPSA) is 136 Å². The number of nitrogens with two attached hydrogens (primary N) is 1. The van der Waals surface area contributed by atoms with Gasteiger partial charge in [0.1, 0.15) is 24.1 Å². The number of ether oxygens (including phenoxy) is 2. The van der Waals surface area contributed by atoms with E-state index in [0.717, 1.165) is 9.47 Å². The number of aliphatic carboxylic acids is 1. The fraction of sp³-hybridized carbons (Fsp3) is 0.421. The molecule has 0 spiro atoms. The summed E-state index contributed by atoms with van der Waals surface area (Å²) in [4.78, 5) is 36.9. The van der Waals surface area contributed by atoms with Crippen LogP contribution in [0.4, 0.5) is 19.7 Å². The number of urea groups is 1. The largest absolute Gasteiger partial charge is 0.491 e. The number of rotatable bonds is 6. The van der Waals surface area contributed by atoms with Crippen LogP contribution in [0.3, 0.4) is 0 Å². The van der Waals surface area contributed by atoms with Gasteiger partial charge in [0.05, 0.1) is 24.4 Å². The molecule has 0 bridgehead atoms. The molecule has 162 valence electrons. The molecule has 11 heteroatoms. The number of carboxylic acid groups (broad SMARTS) is 1. The van der Waals surface area contributed by atoms with Crippen LogP contribution in [0, 0.1) is 0 Å². The molecule has 2 atom stereocenters. The van der Waals surface area contributed by atoms with Gasteiger partial charge in [0.15, 0.2) is 0 Å². The van der Waals surface area contributed by atoms with Gasteiger partial charge in [-0.3, -0.25) is 4.57 Å². The quantitative estimate of drug-likeness (QED) is 0.609. The van der Waals surface area contributed by atoms with E-state index < -0.39 is 29.7 Å². The number of fused-ring (bicyclic) bond motifs is 1. The number of halogens is 1. The monoisotopic (exact) mass is 422 g/mol. The Morgan fingerprint density at radius 1 is 1.37 bits per heavy atom. The Bertz CT molecular complexity index is 989. The van der Waals surface area contributed by atoms with Crippen molar-refractivity contribution in [1.82, 2.24) is 9.47 Å². The first-order valence-electron chi connectivity index (χ1n) is 9.19. The predicted octanol–water partition coefficient (Wildman–Crippen LogP) is 2.01. The van der Waals surface area contributed by atoms with E-state index in [4.69, 9.17) is 15.2 Å². The van der Waals surface area contributed by atoms with Crippen molar-refractivity contribution in [3.8, 4) is 5.75 Å². The number of likely N-dealkylation sites (tertiary alicyclic amines) is 1. The molecule has 3 rings (SSSR count). The third kappa shape index (κ3) is 4.30. The first-order valence-corrected chi connectivity index (χ1v) is 9.19. The minimum Gasteiger partial charge on any atom is -0.491 e. The number of carbonyl (C=O) groups is 3. The Balaban J connectivity index is 1.92. The second-order valence-corrected chi connectivity index (χ2v) is 7.30. The van der Waals surface area contributed by atoms with Crippen molar-refractivity contribution in [3.05, 3.63) is 24.4 Å². The van der Waals surface area contributed by atoms with Crippen molar-refractivity contribution < 1.29 is 33.4 Å². The van der Waals surface area contributed by atoms with Crippen LogP contribution in [-0.4, -0.2) is 71.2 Å². The molecule has 4 N–H and O–H groups in total. The van der Waals surface area contributed by atoms with Crippen LogP contribution < -0.4 is 15.8 Å². The van der Waals surface area contributed by atoms with Gasteiger partial charge in [0.25, 0.3) is 0 Å². The standard InChI is InChI=1S/C19H23FN4O6/c1-19(20)8-15(16(25)26)24(10-19)18(28)22-13-9-23(17(21)27)14-4-3-11(7-12(13)14)30-6-5-29-2/h3-4,7,9,15H,5-6,8,10H2,1-2H3,(H2,21,27)(H,22,28)(H,25,26)/t15-,19+/m0/s1. The SMILES string of the molecule is COCCOc1ccc2c(c1)c(NC(=O)N1C[C@](C)(F)C[C@H]1C(=O)O)cn2C(N)=O. The number of hydrogen-bond acceptors (Lipinski definition) is 5. The molecule has 1 aromatic heterocycles. The van der Waals surface area contributed by atoms with Crippen LogP contribution in [-0.2, 0) is 9.53 Å². The first kappa shape index (κ1) is 21.4. The zero-order valence-corrected chi connectivity index (χ0v) is 16.6. The number of methoxy groups -OCH3 is 1. The molecule has 2 heterocycles. The van der Waals surface area contributed by atoms with Gasteiger partial charge in [-0.2, -0.15) is 0 Å². The number of carboxylic acids is 1. The molecule has 30 heavy (non-hydrogen) atoms. The summed E-state index contributed by atoms with van der Waals surface area (Å²) in [6.07, 6.45) is 1.01. The zero-order valence-electron chi connectivity index (χ0n) is 16.6. The lowest BCUT2D eigenvalue weighted by Crippen LogP contribution is -2.43. The number of amides is 3. The summed E-state index contributed by atoms with van der Waals surface area (Å²) in [5, 5.41) is 12.4. The molecule has 0 saturated carbocycles. The molecule has 0 aliphatic carbocycles. The molecule has 1 saturated heterocycles. The van der Waals surface area contributed by atoms with Crippen LogP contribution in [0.5, 0.6) is 5.75 Å². The normalized spacial score (nSPS) is 21.0. The first-order chi connectivity index (χ1) is 14.1. The number of benzene rings is 1. The van der Waals surface area contributed by atoms with Crippen molar-refractivity contribution in [3.63, 3.8) is 0 Å². The Hall–Kier alpha value is -3.34. The van der Waals surface area contributed by atoms with E-state index in [-0.39, 0.29) is 18.7 Å². The molecular weight excluding hydrogens is 399 g/mol. The van der Waals surface area contributed by atoms with Crippen LogP contribution in [0.25, 0.3) is 10.9 Å². The van der Waals surface area contributed by atoms with Gasteiger partial charge in [0, 0.05) is 25.1 Å². The third-order valence-electron chi connectivity index (χ3n) is 4.85. The van der Waals surface area contributed by atoms with Crippen molar-refractivity contribution in [2.45, 2.75) is 25.1 Å². The Kier molecular flexibility index (Phi) is 5.83. The van der Waals surface area contributed by atoms with Gasteiger partial charge >= 0.3 is 18.0 Å². The lowest BCUT2D eigenvalue weighted by Gasteiger charge is -2.21. The Labute approximate surface area is 171 Å². The van der Waals surface area contributed by atoms with Crippen molar-refractivity contribution >= 4 is 34.6 Å². The highest BCUT2D eigenvalue weighted by atomic mass is 19.1. The second kappa shape index (κ2) is 8.19. The summed E-state index contributed by atoms with van der Waals surface area (Å²) in [6, 6.07) is 1.99. The van der Waals surface area contributed by atoms with Crippen molar-refractivity contribution in [2.24, 2.45) is 5.73 Å². The minimum atomic E-state index is -1.82. The Morgan fingerprint density at radius 3 is 2.73 bits per heavy atom. The summed E-state index contributed by atoms with van der Waals surface area (Å²) in [7, 11) is 1.54. The number of primary amides is 1. The Morgan fingerprint density at radius 2 is 2.10 bits per heavy atom. The minimum absolute atomic E-state index is 0.211. The maximum atomic E-state index is 14.4. The fourth-order valence-corrected chi connectivity index (χ4v) is 3.49. The zero-order chi connectivity index (χ0) is 22.1. The van der Waals surface area contributed by atoms with E-state index in [2.05, 4.69) is 5.32 Å². The highest BCUT2D eigenvalue weighted by Gasteiger charge is 2.47. The number of anilines is 1. The van der Waals surface area contributed by atoms with E-state index in [9.17, 15) is 23.9 Å². The van der Waals surface area contributed by atoms with Crippen LogP contribution in [0.2, 0.25) is 0 Å². The molecule has 1 aromatic carbocycles. The maximum Gasteiger partial charge on any atom is 0.326 e. The molecule has 10 nitrogen and oxygen atoms in total. The number of hydrogen-bond donors (Lipinski definition) is 3. The van der Waals surface area contributed by atoms with E-state index in [1.54, 1.807) is 18.2 Å². The van der Waals surface area contributed by atoms with Gasteiger partial charge < -0.3 is 30.5 Å². The number of nitrogens with zero attached hydrogens (tertiary/aromatic N) is 2. The molecular formula is C19H23FN4O6. The molecule has 3 amide bonds. The van der Waals surface area contributed by atoms with E-state index >= 15 is 0 Å². The van der Waals surface area contributed by atoms with E-state index in [1.807, 2.05) is 0 Å². The fourth-order valence-electron chi connectivity index (χ4n) is 3.49. The van der Waals surface area contributed by atoms with Crippen LogP contribution in [0.1, 0.15) is 13.3 Å². The summed E-state index contributed by atoms with van der Waals surface area (Å²) in [5.41, 5.74) is 4.22. The lowest BCUT2D eigenvalue weighted by atomic mass is 10.1. The van der Waals surface area contributed by atoms with Gasteiger partial charge in [-0.1, -0.05) is 0 Å². The van der Waals surface area contributed by atoms with Crippen molar-refractivity contribution in [2.75, 3.05) is 32.2 Å². The van der Waals surface area contributed by atoms with Gasteiger partial charge in [-0.05, 0) is 25.1 Å². The maximum absolute atomic E-state index is 14.4. The van der Waals surface area contributed by atoms with Crippen molar-refractivity contribution in [1.29, 1.82) is 0 Å². The van der Waals surface area contributed by atoms with Gasteiger partial charge in [-0.15, -0.1) is 0 Å². The van der Waals surface area contributed by atoms with Crippen LogP contribution >= 0.6 is 0 Å². The number of alkyl halides is 1. The highest BCUT2D eigenvalue weighted by Crippen LogP contribution is 2.33. The summed E-state index contributed by atoms with van der Waals surface area (Å²) >= 11 is 0. The lowest BCUT2D eigenvalue weighted by molar-refractivity contribution is -0.141. The third-order valence-corrected chi connectivity index (χ3v) is 4.85. The molecule has 1 aliphatic heterocycles. The van der Waals surface area contributed by atoms with E-state index in [1.165, 1.54) is 20.2 Å². The molecule has 0 unspecified atom stereocenters. The molecule has 0 radical (unpaired) electrons.